The van der Waals surface area contributed by atoms with E-state index in [2.05, 4.69) is 111 Å². The summed E-state index contributed by atoms with van der Waals surface area (Å²) in [6.07, 6.45) is 55.8. The molecule has 0 aromatic carbocycles. The molecule has 1 rings (SSSR count). The van der Waals surface area contributed by atoms with Crippen LogP contribution < -0.4 is 0 Å². The summed E-state index contributed by atoms with van der Waals surface area (Å²) in [5.74, 6) is -0.340. The van der Waals surface area contributed by atoms with E-state index >= 15 is 0 Å². The van der Waals surface area contributed by atoms with Crippen molar-refractivity contribution in [2.45, 2.75) is 218 Å². The molecule has 1 aliphatic rings. The fourth-order valence-electron chi connectivity index (χ4n) is 7.05. The van der Waals surface area contributed by atoms with Gasteiger partial charge in [-0.1, -0.05) is 175 Å². The van der Waals surface area contributed by atoms with E-state index in [9.17, 15) is 25.2 Å². The van der Waals surface area contributed by atoms with E-state index in [4.69, 9.17) is 18.9 Å². The van der Waals surface area contributed by atoms with E-state index in [0.717, 1.165) is 96.3 Å². The summed E-state index contributed by atoms with van der Waals surface area (Å²) in [5.41, 5.74) is 0. The summed E-state index contributed by atoms with van der Waals surface area (Å²) < 4.78 is 22.8. The van der Waals surface area contributed by atoms with Crippen LogP contribution in [0.25, 0.3) is 0 Å². The lowest BCUT2D eigenvalue weighted by Gasteiger charge is -2.39. The number of aliphatic hydroxyl groups excluding tert-OH is 4. The van der Waals surface area contributed by atoms with Crippen molar-refractivity contribution in [3.05, 3.63) is 97.2 Å². The molecule has 0 amide bonds. The van der Waals surface area contributed by atoms with Gasteiger partial charge in [-0.2, -0.15) is 0 Å². The van der Waals surface area contributed by atoms with E-state index in [-0.39, 0.29) is 19.2 Å². The third kappa shape index (κ3) is 35.4. The molecule has 0 spiro atoms. The van der Waals surface area contributed by atoms with Gasteiger partial charge in [0.25, 0.3) is 0 Å². The predicted octanol–water partition coefficient (Wildman–Crippen LogP) is 12.4. The number of rotatable bonds is 42. The number of ether oxygens (including phenoxy) is 4. The Morgan fingerprint density at radius 2 is 0.953 bits per heavy atom. The van der Waals surface area contributed by atoms with Crippen LogP contribution in [0.15, 0.2) is 97.2 Å². The first-order chi connectivity index (χ1) is 31.4. The molecular weight excluding hydrogens is 805 g/mol. The summed E-state index contributed by atoms with van der Waals surface area (Å²) in [6.45, 7) is 4.30. The lowest BCUT2D eigenvalue weighted by atomic mass is 9.99. The minimum Gasteiger partial charge on any atom is -0.457 e. The van der Waals surface area contributed by atoms with Crippen LogP contribution in [0.1, 0.15) is 181 Å². The number of esters is 1. The minimum atomic E-state index is -1.55. The second-order valence-corrected chi connectivity index (χ2v) is 16.9. The molecule has 9 nitrogen and oxygen atoms in total. The molecule has 0 bridgehead atoms. The Bertz CT molecular complexity index is 1300. The second kappa shape index (κ2) is 45.3. The topological polar surface area (TPSA) is 135 Å². The molecule has 0 aliphatic carbocycles. The highest BCUT2D eigenvalue weighted by Crippen LogP contribution is 2.22. The van der Waals surface area contributed by atoms with Gasteiger partial charge < -0.3 is 39.4 Å². The van der Waals surface area contributed by atoms with E-state index in [1.165, 1.54) is 64.2 Å². The van der Waals surface area contributed by atoms with Crippen LogP contribution in [0, 0.1) is 0 Å². The zero-order valence-electron chi connectivity index (χ0n) is 40.2. The van der Waals surface area contributed by atoms with Gasteiger partial charge >= 0.3 is 5.97 Å². The van der Waals surface area contributed by atoms with Crippen LogP contribution >= 0.6 is 0 Å². The Kier molecular flexibility index (Phi) is 41.8. The number of hydrogen-bond donors (Lipinski definition) is 4. The summed E-state index contributed by atoms with van der Waals surface area (Å²) in [7, 11) is 0. The Labute approximate surface area is 390 Å². The molecular formula is C55H92O9. The van der Waals surface area contributed by atoms with Crippen LogP contribution in [0.4, 0.5) is 0 Å². The van der Waals surface area contributed by atoms with E-state index in [0.29, 0.717) is 13.0 Å². The van der Waals surface area contributed by atoms with Crippen molar-refractivity contribution in [3.8, 4) is 0 Å². The zero-order chi connectivity index (χ0) is 46.4. The monoisotopic (exact) mass is 897 g/mol. The van der Waals surface area contributed by atoms with Crippen molar-refractivity contribution in [3.63, 3.8) is 0 Å². The van der Waals surface area contributed by atoms with Crippen LogP contribution in [0.3, 0.4) is 0 Å². The number of unbranched alkanes of at least 4 members (excludes halogenated alkanes) is 15. The molecule has 9 heteroatoms. The van der Waals surface area contributed by atoms with Crippen LogP contribution in [0.2, 0.25) is 0 Å². The molecule has 64 heavy (non-hydrogen) atoms. The second-order valence-electron chi connectivity index (χ2n) is 16.9. The standard InChI is InChI=1S/C55H92O9/c1-3-5-7-9-11-13-15-17-19-21-23-24-25-26-27-28-30-32-34-36-38-40-42-44-51(57)63-49(48-62-55-54(60)53(59)52(58)50(46-56)64-55)47-61-45-43-41-39-37-35-33-31-29-22-20-18-16-14-12-10-8-6-4-2/h6,8,12,14-15,17-18,20-21,23,25-26,29,31,35,37,49-50,52-56,58-60H,3-5,7,9-11,13,16,19,22,24,27-28,30,32-34,36,38-48H2,1-2H3/b8-6-,14-12-,17-15-,20-18-,23-21-,26-25-,31-29-,37-35-. The number of carbonyl (C=O) groups is 1. The highest BCUT2D eigenvalue weighted by atomic mass is 16.7. The van der Waals surface area contributed by atoms with Gasteiger partial charge in [0, 0.05) is 13.0 Å². The van der Waals surface area contributed by atoms with Gasteiger partial charge in [0.2, 0.25) is 0 Å². The smallest absolute Gasteiger partial charge is 0.306 e. The molecule has 366 valence electrons. The molecule has 0 aromatic heterocycles. The molecule has 1 saturated heterocycles. The van der Waals surface area contributed by atoms with Crippen molar-refractivity contribution in [1.82, 2.24) is 0 Å². The lowest BCUT2D eigenvalue weighted by molar-refractivity contribution is -0.305. The normalized spacial score (nSPS) is 20.4. The lowest BCUT2D eigenvalue weighted by Crippen LogP contribution is -2.59. The van der Waals surface area contributed by atoms with Crippen LogP contribution in [-0.2, 0) is 23.7 Å². The number of aliphatic hydroxyl groups is 4. The maximum atomic E-state index is 12.8. The van der Waals surface area contributed by atoms with Crippen molar-refractivity contribution in [2.24, 2.45) is 0 Å². The average Bonchev–Trinajstić information content (AvgIpc) is 3.30. The molecule has 0 radical (unpaired) electrons. The minimum absolute atomic E-state index is 0.106. The summed E-state index contributed by atoms with van der Waals surface area (Å²) >= 11 is 0. The highest BCUT2D eigenvalue weighted by molar-refractivity contribution is 5.69. The maximum absolute atomic E-state index is 12.8. The Balaban J connectivity index is 2.26. The van der Waals surface area contributed by atoms with Crippen molar-refractivity contribution >= 4 is 5.97 Å². The Hall–Kier alpha value is -2.89. The van der Waals surface area contributed by atoms with Crippen LogP contribution in [0.5, 0.6) is 0 Å². The molecule has 1 fully saturated rings. The van der Waals surface area contributed by atoms with Gasteiger partial charge in [-0.25, -0.2) is 0 Å². The first kappa shape index (κ1) is 59.1. The van der Waals surface area contributed by atoms with Gasteiger partial charge in [0.15, 0.2) is 6.29 Å². The van der Waals surface area contributed by atoms with Crippen LogP contribution in [-0.4, -0.2) is 89.6 Å². The molecule has 4 N–H and O–H groups in total. The SMILES string of the molecule is CC/C=C\C/C=C\C/C=C\C/C=C\C/C=C\CCCCOCC(COC1OC(CO)C(O)C(O)C1O)OC(=O)CCCCCCCCCC/C=C\C/C=C\C/C=C\CCCCCCC. The van der Waals surface area contributed by atoms with Crippen molar-refractivity contribution in [2.75, 3.05) is 26.4 Å². The first-order valence-corrected chi connectivity index (χ1v) is 25.3. The van der Waals surface area contributed by atoms with Crippen molar-refractivity contribution < 1.29 is 44.2 Å². The Morgan fingerprint density at radius 3 is 1.44 bits per heavy atom. The Morgan fingerprint density at radius 1 is 0.516 bits per heavy atom. The third-order valence-electron chi connectivity index (χ3n) is 11.0. The predicted molar refractivity (Wildman–Crippen MR) is 265 cm³/mol. The molecule has 1 heterocycles. The molecule has 6 unspecified atom stereocenters. The van der Waals surface area contributed by atoms with Gasteiger partial charge in [0.05, 0.1) is 19.8 Å². The molecule has 6 atom stereocenters. The quantitative estimate of drug-likeness (QED) is 0.0268. The van der Waals surface area contributed by atoms with Crippen molar-refractivity contribution in [1.29, 1.82) is 0 Å². The first-order valence-electron chi connectivity index (χ1n) is 25.3. The molecule has 0 aromatic rings. The molecule has 0 saturated carbocycles. The van der Waals surface area contributed by atoms with Gasteiger partial charge in [-0.3, -0.25) is 4.79 Å². The fraction of sp³-hybridized carbons (Fsp3) is 0.691. The maximum Gasteiger partial charge on any atom is 0.306 e. The van der Waals surface area contributed by atoms with E-state index in [1.54, 1.807) is 0 Å². The van der Waals surface area contributed by atoms with Gasteiger partial charge in [-0.05, 0) is 96.3 Å². The molecule has 1 aliphatic heterocycles. The largest absolute Gasteiger partial charge is 0.457 e. The number of hydrogen-bond acceptors (Lipinski definition) is 9. The van der Waals surface area contributed by atoms with E-state index < -0.39 is 43.4 Å². The summed E-state index contributed by atoms with van der Waals surface area (Å²) in [6, 6.07) is 0. The fourth-order valence-corrected chi connectivity index (χ4v) is 7.05. The van der Waals surface area contributed by atoms with Gasteiger partial charge in [-0.15, -0.1) is 0 Å². The zero-order valence-corrected chi connectivity index (χ0v) is 40.2. The number of allylic oxidation sites excluding steroid dienone is 16. The average molecular weight is 897 g/mol. The summed E-state index contributed by atoms with van der Waals surface area (Å²) in [5, 5.41) is 40.2. The van der Waals surface area contributed by atoms with Gasteiger partial charge in [0.1, 0.15) is 30.5 Å². The third-order valence-corrected chi connectivity index (χ3v) is 11.0. The highest BCUT2D eigenvalue weighted by Gasteiger charge is 2.44. The number of carbonyl (C=O) groups excluding carboxylic acids is 1. The van der Waals surface area contributed by atoms with E-state index in [1.807, 2.05) is 0 Å². The summed E-state index contributed by atoms with van der Waals surface area (Å²) in [4.78, 5) is 12.8.